The molecule has 4 rings (SSSR count). The van der Waals surface area contributed by atoms with Gasteiger partial charge in [0.1, 0.15) is 6.07 Å². The van der Waals surface area contributed by atoms with Gasteiger partial charge in [0.2, 0.25) is 0 Å². The number of rotatable bonds is 2. The summed E-state index contributed by atoms with van der Waals surface area (Å²) >= 11 is 5.97. The van der Waals surface area contributed by atoms with Crippen LogP contribution in [0.2, 0.25) is 5.02 Å². The summed E-state index contributed by atoms with van der Waals surface area (Å²) in [6, 6.07) is 11.9. The molecule has 1 aliphatic heterocycles. The number of hydrogen-bond acceptors (Lipinski definition) is 6. The van der Waals surface area contributed by atoms with Crippen molar-refractivity contribution in [3.63, 3.8) is 0 Å². The molecule has 0 atom stereocenters. The highest BCUT2D eigenvalue weighted by molar-refractivity contribution is 6.39. The highest BCUT2D eigenvalue weighted by atomic mass is 35.5. The van der Waals surface area contributed by atoms with Gasteiger partial charge in [-0.3, -0.25) is 14.6 Å². The first-order valence-electron chi connectivity index (χ1n) is 9.12. The molecule has 0 saturated carbocycles. The van der Waals surface area contributed by atoms with Crippen LogP contribution in [-0.4, -0.2) is 47.9 Å². The van der Waals surface area contributed by atoms with E-state index >= 15 is 0 Å². The third kappa shape index (κ3) is 3.86. The van der Waals surface area contributed by atoms with Crippen molar-refractivity contribution in [3.05, 3.63) is 57.5 Å². The molecule has 3 aromatic rings. The van der Waals surface area contributed by atoms with Crippen LogP contribution in [0.4, 0.5) is 11.4 Å². The Kier molecular flexibility index (Phi) is 5.16. The molecule has 0 spiro atoms. The first-order valence-corrected chi connectivity index (χ1v) is 9.50. The molecule has 0 aliphatic carbocycles. The molecule has 30 heavy (non-hydrogen) atoms. The van der Waals surface area contributed by atoms with Crippen LogP contribution in [0, 0.1) is 11.3 Å². The molecule has 0 radical (unpaired) electrons. The van der Waals surface area contributed by atoms with Crippen molar-refractivity contribution in [3.8, 4) is 6.07 Å². The summed E-state index contributed by atoms with van der Waals surface area (Å²) in [7, 11) is 0. The Hall–Kier alpha value is -3.77. The van der Waals surface area contributed by atoms with Gasteiger partial charge in [0, 0.05) is 43.6 Å². The summed E-state index contributed by atoms with van der Waals surface area (Å²) in [5.41, 5.74) is 2.38. The SMILES string of the molecule is N#Cc1cc(N2CCN(C(=O)C(=O)Nc3ccc4[nH]c(=O)oc4c3)CC2)ccc1Cl. The number of carbonyl (C=O) groups is 2. The van der Waals surface area contributed by atoms with Crippen LogP contribution in [0.3, 0.4) is 0 Å². The molecule has 2 amide bonds. The Morgan fingerprint density at radius 2 is 1.90 bits per heavy atom. The number of halogens is 1. The van der Waals surface area contributed by atoms with E-state index in [9.17, 15) is 14.4 Å². The first-order chi connectivity index (χ1) is 14.4. The van der Waals surface area contributed by atoms with Crippen LogP contribution in [0.1, 0.15) is 5.56 Å². The number of nitriles is 1. The number of nitrogens with zero attached hydrogens (tertiary/aromatic N) is 3. The molecule has 1 aliphatic rings. The van der Waals surface area contributed by atoms with Gasteiger partial charge in [-0.1, -0.05) is 11.6 Å². The molecule has 0 bridgehead atoms. The van der Waals surface area contributed by atoms with Crippen molar-refractivity contribution < 1.29 is 14.0 Å². The number of hydrogen-bond donors (Lipinski definition) is 2. The Balaban J connectivity index is 1.38. The predicted molar refractivity (Wildman–Crippen MR) is 110 cm³/mol. The fraction of sp³-hybridized carbons (Fsp3) is 0.200. The van der Waals surface area contributed by atoms with E-state index < -0.39 is 17.6 Å². The van der Waals surface area contributed by atoms with E-state index in [-0.39, 0.29) is 0 Å². The highest BCUT2D eigenvalue weighted by Gasteiger charge is 2.26. The minimum absolute atomic E-state index is 0.290. The van der Waals surface area contributed by atoms with Crippen molar-refractivity contribution in [2.45, 2.75) is 0 Å². The molecule has 10 heteroatoms. The lowest BCUT2D eigenvalue weighted by molar-refractivity contribution is -0.143. The van der Waals surface area contributed by atoms with E-state index in [1.807, 2.05) is 11.0 Å². The van der Waals surface area contributed by atoms with Gasteiger partial charge in [-0.25, -0.2) is 4.79 Å². The average Bonchev–Trinajstić information content (AvgIpc) is 3.13. The summed E-state index contributed by atoms with van der Waals surface area (Å²) < 4.78 is 4.95. The van der Waals surface area contributed by atoms with Gasteiger partial charge in [-0.05, 0) is 30.3 Å². The lowest BCUT2D eigenvalue weighted by Gasteiger charge is -2.35. The van der Waals surface area contributed by atoms with E-state index in [1.165, 1.54) is 11.0 Å². The van der Waals surface area contributed by atoms with E-state index in [0.717, 1.165) is 5.69 Å². The predicted octanol–water partition coefficient (Wildman–Crippen LogP) is 1.93. The van der Waals surface area contributed by atoms with Gasteiger partial charge < -0.3 is 19.5 Å². The van der Waals surface area contributed by atoms with Crippen molar-refractivity contribution in [2.24, 2.45) is 0 Å². The number of H-pyrrole nitrogens is 1. The van der Waals surface area contributed by atoms with Gasteiger partial charge in [0.05, 0.1) is 16.1 Å². The molecule has 2 heterocycles. The van der Waals surface area contributed by atoms with E-state index in [4.69, 9.17) is 21.3 Å². The van der Waals surface area contributed by atoms with Gasteiger partial charge in [0.15, 0.2) is 5.58 Å². The molecule has 1 aromatic heterocycles. The number of carbonyl (C=O) groups excluding carboxylic acids is 2. The maximum Gasteiger partial charge on any atom is 0.417 e. The Morgan fingerprint density at radius 3 is 2.63 bits per heavy atom. The Bertz CT molecular complexity index is 1230. The minimum Gasteiger partial charge on any atom is -0.408 e. The molecule has 0 unspecified atom stereocenters. The van der Waals surface area contributed by atoms with Gasteiger partial charge in [-0.15, -0.1) is 0 Å². The number of benzene rings is 2. The number of oxazole rings is 1. The standard InChI is InChI=1S/C20H16ClN5O4/c21-15-3-2-14(9-12(15)11-22)25-5-7-26(8-6-25)19(28)18(27)23-13-1-4-16-17(10-13)30-20(29)24-16/h1-4,9-10H,5-8H2,(H,23,27)(H,24,29). The summed E-state index contributed by atoms with van der Waals surface area (Å²) in [6.07, 6.45) is 0. The van der Waals surface area contributed by atoms with Crippen molar-refractivity contribution >= 4 is 45.9 Å². The maximum atomic E-state index is 12.5. The zero-order valence-corrected chi connectivity index (χ0v) is 16.4. The molecular weight excluding hydrogens is 410 g/mol. The second kappa shape index (κ2) is 7.93. The molecular formula is C20H16ClN5O4. The van der Waals surface area contributed by atoms with Gasteiger partial charge >= 0.3 is 17.6 Å². The van der Waals surface area contributed by atoms with Crippen molar-refractivity contribution in [2.75, 3.05) is 36.4 Å². The van der Waals surface area contributed by atoms with Crippen LogP contribution in [-0.2, 0) is 9.59 Å². The Morgan fingerprint density at radius 1 is 1.13 bits per heavy atom. The zero-order valence-electron chi connectivity index (χ0n) is 15.6. The monoisotopic (exact) mass is 425 g/mol. The Labute approximate surface area is 175 Å². The molecule has 1 saturated heterocycles. The lowest BCUT2D eigenvalue weighted by Crippen LogP contribution is -2.51. The fourth-order valence-electron chi connectivity index (χ4n) is 3.31. The van der Waals surface area contributed by atoms with Crippen LogP contribution >= 0.6 is 11.6 Å². The third-order valence-electron chi connectivity index (χ3n) is 4.88. The normalized spacial score (nSPS) is 13.9. The quantitative estimate of drug-likeness (QED) is 0.605. The number of anilines is 2. The molecule has 9 nitrogen and oxygen atoms in total. The first kappa shape index (κ1) is 19.5. The number of nitrogens with one attached hydrogen (secondary N) is 2. The van der Waals surface area contributed by atoms with Crippen molar-refractivity contribution in [1.82, 2.24) is 9.88 Å². The number of aromatic nitrogens is 1. The van der Waals surface area contributed by atoms with E-state index in [1.54, 1.807) is 24.3 Å². The number of amides is 2. The van der Waals surface area contributed by atoms with Gasteiger partial charge in [0.25, 0.3) is 0 Å². The topological polar surface area (TPSA) is 122 Å². The minimum atomic E-state index is -0.765. The van der Waals surface area contributed by atoms with E-state index in [2.05, 4.69) is 16.4 Å². The zero-order chi connectivity index (χ0) is 21.3. The van der Waals surface area contributed by atoms with Gasteiger partial charge in [-0.2, -0.15) is 5.26 Å². The summed E-state index contributed by atoms with van der Waals surface area (Å²) in [6.45, 7) is 1.77. The number of piperazine rings is 1. The van der Waals surface area contributed by atoms with Crippen molar-refractivity contribution in [1.29, 1.82) is 5.26 Å². The maximum absolute atomic E-state index is 12.5. The average molecular weight is 426 g/mol. The molecule has 2 N–H and O–H groups in total. The second-order valence-electron chi connectivity index (χ2n) is 6.73. The van der Waals surface area contributed by atoms with Crippen LogP contribution in [0.25, 0.3) is 11.1 Å². The van der Waals surface area contributed by atoms with E-state index in [0.29, 0.717) is 53.6 Å². The third-order valence-corrected chi connectivity index (χ3v) is 5.21. The second-order valence-corrected chi connectivity index (χ2v) is 7.14. The summed E-state index contributed by atoms with van der Waals surface area (Å²) in [5, 5.41) is 12.1. The molecule has 152 valence electrons. The van der Waals surface area contributed by atoms with Crippen LogP contribution in [0.15, 0.2) is 45.6 Å². The smallest absolute Gasteiger partial charge is 0.408 e. The fourth-order valence-corrected chi connectivity index (χ4v) is 3.47. The van der Waals surface area contributed by atoms with Crippen LogP contribution in [0.5, 0.6) is 0 Å². The highest BCUT2D eigenvalue weighted by Crippen LogP contribution is 2.24. The summed E-state index contributed by atoms with van der Waals surface area (Å²) in [5.74, 6) is -2.00. The summed E-state index contributed by atoms with van der Waals surface area (Å²) in [4.78, 5) is 42.1. The number of aromatic amines is 1. The lowest BCUT2D eigenvalue weighted by atomic mass is 10.2. The largest absolute Gasteiger partial charge is 0.417 e. The van der Waals surface area contributed by atoms with Crippen LogP contribution < -0.4 is 16.0 Å². The molecule has 2 aromatic carbocycles. The number of fused-ring (bicyclic) bond motifs is 1. The molecule has 1 fully saturated rings.